The zero-order chi connectivity index (χ0) is 15.6. The molecule has 1 aromatic carbocycles. The molecule has 0 atom stereocenters. The van der Waals surface area contributed by atoms with E-state index in [0.717, 1.165) is 17.0 Å². The molecule has 0 bridgehead atoms. The van der Waals surface area contributed by atoms with E-state index < -0.39 is 0 Å². The molecule has 0 aliphatic rings. The van der Waals surface area contributed by atoms with Gasteiger partial charge in [-0.25, -0.2) is 0 Å². The fourth-order valence-corrected chi connectivity index (χ4v) is 2.30. The summed E-state index contributed by atoms with van der Waals surface area (Å²) in [5, 5.41) is 19.1. The Morgan fingerprint density at radius 1 is 1.43 bits per heavy atom. The molecule has 6 nitrogen and oxygen atoms in total. The summed E-state index contributed by atoms with van der Waals surface area (Å²) in [4.78, 5) is 10.8. The smallest absolute Gasteiger partial charge is 0.292 e. The van der Waals surface area contributed by atoms with Crippen molar-refractivity contribution in [3.63, 3.8) is 0 Å². The lowest BCUT2D eigenvalue weighted by Crippen LogP contribution is -2.06. The summed E-state index contributed by atoms with van der Waals surface area (Å²) >= 11 is 6.11. The van der Waals surface area contributed by atoms with Gasteiger partial charge in [0, 0.05) is 12.6 Å². The Balaban J connectivity index is 2.34. The van der Waals surface area contributed by atoms with Gasteiger partial charge in [-0.1, -0.05) is 17.7 Å². The summed E-state index contributed by atoms with van der Waals surface area (Å²) in [6.07, 6.45) is 0. The highest BCUT2D eigenvalue weighted by Gasteiger charge is 2.15. The summed E-state index contributed by atoms with van der Waals surface area (Å²) in [5.41, 5.74) is 3.02. The van der Waals surface area contributed by atoms with Crippen LogP contribution in [0.3, 0.4) is 0 Å². The molecule has 0 amide bonds. The lowest BCUT2D eigenvalue weighted by Gasteiger charge is -2.08. The molecule has 0 aliphatic heterocycles. The lowest BCUT2D eigenvalue weighted by molar-refractivity contribution is -0.384. The first-order valence-electron chi connectivity index (χ1n) is 6.64. The number of benzene rings is 1. The molecule has 0 saturated carbocycles. The third-order valence-electron chi connectivity index (χ3n) is 3.25. The summed E-state index contributed by atoms with van der Waals surface area (Å²) in [5.74, 6) is 0. The molecule has 21 heavy (non-hydrogen) atoms. The van der Waals surface area contributed by atoms with Crippen molar-refractivity contribution in [1.82, 2.24) is 9.78 Å². The minimum atomic E-state index is -0.379. The Labute approximate surface area is 127 Å². The number of nitrogens with one attached hydrogen (secondary N) is 1. The molecule has 112 valence electrons. The molecule has 0 fully saturated rings. The van der Waals surface area contributed by atoms with Crippen LogP contribution in [-0.4, -0.2) is 21.2 Å². The molecule has 1 heterocycles. The normalized spacial score (nSPS) is 10.7. The maximum atomic E-state index is 11.1. The van der Waals surface area contributed by atoms with Gasteiger partial charge in [-0.2, -0.15) is 5.10 Å². The summed E-state index contributed by atoms with van der Waals surface area (Å²) in [6, 6.07) is 5.15. The molecule has 1 aromatic heterocycles. The van der Waals surface area contributed by atoms with Gasteiger partial charge in [0.15, 0.2) is 0 Å². The van der Waals surface area contributed by atoms with Crippen molar-refractivity contribution in [1.29, 1.82) is 0 Å². The summed E-state index contributed by atoms with van der Waals surface area (Å²) in [7, 11) is 0. The average Bonchev–Trinajstić information content (AvgIpc) is 2.68. The highest BCUT2D eigenvalue weighted by atomic mass is 35.5. The van der Waals surface area contributed by atoms with E-state index in [1.807, 2.05) is 26.8 Å². The highest BCUT2D eigenvalue weighted by Crippen LogP contribution is 2.26. The van der Waals surface area contributed by atoms with Gasteiger partial charge >= 0.3 is 0 Å². The number of halogens is 1. The minimum absolute atomic E-state index is 0.0713. The van der Waals surface area contributed by atoms with Gasteiger partial charge in [-0.15, -0.1) is 0 Å². The molecule has 2 rings (SSSR count). The van der Waals surface area contributed by atoms with Crippen LogP contribution in [0.15, 0.2) is 18.2 Å². The predicted octanol–water partition coefficient (Wildman–Crippen LogP) is 3.54. The number of nitrogens with zero attached hydrogens (tertiary/aromatic N) is 3. The van der Waals surface area contributed by atoms with Crippen LogP contribution in [0, 0.1) is 24.0 Å². The second kappa shape index (κ2) is 6.13. The van der Waals surface area contributed by atoms with E-state index in [0.29, 0.717) is 23.8 Å². The minimum Gasteiger partial charge on any atom is -0.380 e. The van der Waals surface area contributed by atoms with E-state index in [4.69, 9.17) is 11.6 Å². The van der Waals surface area contributed by atoms with Crippen molar-refractivity contribution in [2.45, 2.75) is 27.3 Å². The third kappa shape index (κ3) is 3.16. The molecule has 1 N–H and O–H groups in total. The largest absolute Gasteiger partial charge is 0.380 e. The molecular formula is C14H17ClN4O2. The van der Waals surface area contributed by atoms with E-state index in [1.54, 1.807) is 16.8 Å². The van der Waals surface area contributed by atoms with Crippen molar-refractivity contribution < 1.29 is 4.92 Å². The van der Waals surface area contributed by atoms with Crippen LogP contribution in [0.1, 0.15) is 23.9 Å². The number of hydrogen-bond acceptors (Lipinski definition) is 4. The third-order valence-corrected chi connectivity index (χ3v) is 3.80. The number of rotatable bonds is 5. The number of nitro groups is 1. The zero-order valence-electron chi connectivity index (χ0n) is 12.2. The maximum absolute atomic E-state index is 11.1. The van der Waals surface area contributed by atoms with E-state index in [9.17, 15) is 10.1 Å². The van der Waals surface area contributed by atoms with E-state index in [1.165, 1.54) is 0 Å². The van der Waals surface area contributed by atoms with Crippen molar-refractivity contribution in [2.24, 2.45) is 0 Å². The first-order chi connectivity index (χ1) is 9.93. The summed E-state index contributed by atoms with van der Waals surface area (Å²) in [6.45, 7) is 6.70. The standard InChI is InChI=1S/C14H17ClN4O2/c1-4-16-12-6-5-11(7-13(12)19(20)21)8-18-10(3)14(15)9(2)17-18/h5-7,16H,4,8H2,1-3H3. The molecule has 2 aromatic rings. The Morgan fingerprint density at radius 2 is 2.14 bits per heavy atom. The van der Waals surface area contributed by atoms with Crippen LogP contribution in [-0.2, 0) is 6.54 Å². The number of anilines is 1. The molecule has 0 unspecified atom stereocenters. The maximum Gasteiger partial charge on any atom is 0.292 e. The Morgan fingerprint density at radius 3 is 2.67 bits per heavy atom. The Hall–Kier alpha value is -2.08. The van der Waals surface area contributed by atoms with Crippen molar-refractivity contribution in [3.05, 3.63) is 50.3 Å². The fraction of sp³-hybridized carbons (Fsp3) is 0.357. The van der Waals surface area contributed by atoms with Crippen LogP contribution in [0.25, 0.3) is 0 Å². The topological polar surface area (TPSA) is 73.0 Å². The predicted molar refractivity (Wildman–Crippen MR) is 83.1 cm³/mol. The number of aromatic nitrogens is 2. The van der Waals surface area contributed by atoms with Crippen molar-refractivity contribution in [2.75, 3.05) is 11.9 Å². The second-order valence-corrected chi connectivity index (χ2v) is 5.16. The van der Waals surface area contributed by atoms with Crippen LogP contribution < -0.4 is 5.32 Å². The first-order valence-corrected chi connectivity index (χ1v) is 7.02. The fourth-order valence-electron chi connectivity index (χ4n) is 2.17. The Bertz CT molecular complexity index is 682. The molecule has 0 spiro atoms. The number of hydrogen-bond donors (Lipinski definition) is 1. The monoisotopic (exact) mass is 308 g/mol. The first kappa shape index (κ1) is 15.3. The molecule has 7 heteroatoms. The van der Waals surface area contributed by atoms with Gasteiger partial charge in [0.2, 0.25) is 0 Å². The quantitative estimate of drug-likeness (QED) is 0.677. The number of nitro benzene ring substituents is 1. The van der Waals surface area contributed by atoms with Gasteiger partial charge in [0.25, 0.3) is 5.69 Å². The van der Waals surface area contributed by atoms with E-state index in [2.05, 4.69) is 10.4 Å². The number of aryl methyl sites for hydroxylation is 1. The summed E-state index contributed by atoms with van der Waals surface area (Å²) < 4.78 is 1.75. The Kier molecular flexibility index (Phi) is 4.47. The molecule has 0 radical (unpaired) electrons. The highest BCUT2D eigenvalue weighted by molar-refractivity contribution is 6.31. The lowest BCUT2D eigenvalue weighted by atomic mass is 10.1. The van der Waals surface area contributed by atoms with Crippen LogP contribution in [0.4, 0.5) is 11.4 Å². The van der Waals surface area contributed by atoms with Crippen LogP contribution in [0.5, 0.6) is 0 Å². The van der Waals surface area contributed by atoms with Gasteiger partial charge in [0.1, 0.15) is 5.69 Å². The second-order valence-electron chi connectivity index (χ2n) is 4.78. The zero-order valence-corrected chi connectivity index (χ0v) is 12.9. The van der Waals surface area contributed by atoms with E-state index in [-0.39, 0.29) is 10.6 Å². The SMILES string of the molecule is CCNc1ccc(Cn2nc(C)c(Cl)c2C)cc1[N+](=O)[O-]. The van der Waals surface area contributed by atoms with Crippen molar-refractivity contribution in [3.8, 4) is 0 Å². The van der Waals surface area contributed by atoms with Gasteiger partial charge in [-0.3, -0.25) is 14.8 Å². The molecule has 0 aliphatic carbocycles. The van der Waals surface area contributed by atoms with Gasteiger partial charge < -0.3 is 5.32 Å². The van der Waals surface area contributed by atoms with Crippen molar-refractivity contribution >= 4 is 23.0 Å². The van der Waals surface area contributed by atoms with Gasteiger partial charge in [-0.05, 0) is 32.4 Å². The molecule has 0 saturated heterocycles. The van der Waals surface area contributed by atoms with Crippen LogP contribution >= 0.6 is 11.6 Å². The van der Waals surface area contributed by atoms with Gasteiger partial charge in [0.05, 0.1) is 27.9 Å². The average molecular weight is 309 g/mol. The van der Waals surface area contributed by atoms with Crippen LogP contribution in [0.2, 0.25) is 5.02 Å². The molecular weight excluding hydrogens is 292 g/mol. The van der Waals surface area contributed by atoms with E-state index >= 15 is 0 Å².